The van der Waals surface area contributed by atoms with Crippen LogP contribution in [0, 0.1) is 11.8 Å². The maximum absolute atomic E-state index is 11.9. The monoisotopic (exact) mass is 457 g/mol. The van der Waals surface area contributed by atoms with Gasteiger partial charge in [0.1, 0.15) is 0 Å². The Morgan fingerprint density at radius 3 is 2.80 bits per heavy atom. The zero-order chi connectivity index (χ0) is 17.1. The lowest BCUT2D eigenvalue weighted by Gasteiger charge is -2.21. The Bertz CT molecular complexity index is 648. The van der Waals surface area contributed by atoms with Gasteiger partial charge in [-0.2, -0.15) is 0 Å². The maximum atomic E-state index is 11.9. The molecule has 1 aromatic carbocycles. The summed E-state index contributed by atoms with van der Waals surface area (Å²) < 4.78 is 4.91. The molecule has 138 valence electrons. The summed E-state index contributed by atoms with van der Waals surface area (Å²) >= 11 is 0. The smallest absolute Gasteiger partial charge is 0.310 e. The van der Waals surface area contributed by atoms with Gasteiger partial charge in [-0.1, -0.05) is 25.1 Å². The minimum Gasteiger partial charge on any atom is -0.469 e. The third-order valence-electron chi connectivity index (χ3n) is 5.24. The molecule has 1 heterocycles. The van der Waals surface area contributed by atoms with Crippen molar-refractivity contribution in [1.29, 1.82) is 0 Å². The first-order valence-corrected chi connectivity index (χ1v) is 8.76. The molecule has 0 spiro atoms. The van der Waals surface area contributed by atoms with Crippen molar-refractivity contribution < 1.29 is 9.53 Å². The minimum absolute atomic E-state index is 0. The minimum atomic E-state index is -0.126. The number of halogens is 1. The Kier molecular flexibility index (Phi) is 7.10. The molecule has 2 unspecified atom stereocenters. The summed E-state index contributed by atoms with van der Waals surface area (Å²) in [6.07, 6.45) is 3.68. The number of aryl methyl sites for hydroxylation is 2. The number of rotatable bonds is 3. The van der Waals surface area contributed by atoms with Gasteiger partial charge in [0.05, 0.1) is 13.0 Å². The van der Waals surface area contributed by atoms with Gasteiger partial charge in [-0.05, 0) is 41.9 Å². The highest BCUT2D eigenvalue weighted by atomic mass is 127. The Morgan fingerprint density at radius 2 is 2.08 bits per heavy atom. The molecule has 2 atom stereocenters. The Labute approximate surface area is 167 Å². The van der Waals surface area contributed by atoms with Crippen molar-refractivity contribution >= 4 is 35.9 Å². The highest BCUT2D eigenvalue weighted by molar-refractivity contribution is 14.0. The number of hydrogen-bond donors (Lipinski definition) is 1. The molecule has 1 fully saturated rings. The molecule has 0 radical (unpaired) electrons. The number of hydrogen-bond acceptors (Lipinski definition) is 3. The fourth-order valence-electron chi connectivity index (χ4n) is 3.85. The predicted octanol–water partition coefficient (Wildman–Crippen LogP) is 2.61. The molecule has 0 amide bonds. The van der Waals surface area contributed by atoms with Crippen LogP contribution in [0.15, 0.2) is 23.2 Å². The maximum Gasteiger partial charge on any atom is 0.310 e. The van der Waals surface area contributed by atoms with E-state index in [1.165, 1.54) is 43.1 Å². The second-order valence-electron chi connectivity index (χ2n) is 6.87. The normalized spacial score (nSPS) is 22.4. The molecular formula is C19H28IN3O2. The van der Waals surface area contributed by atoms with E-state index >= 15 is 0 Å². The number of aliphatic imine (C=N–C) groups is 1. The molecule has 3 rings (SSSR count). The van der Waals surface area contributed by atoms with Crippen molar-refractivity contribution in [1.82, 2.24) is 10.2 Å². The number of likely N-dealkylation sites (tertiary alicyclic amines) is 1. The molecule has 2 aliphatic rings. The van der Waals surface area contributed by atoms with E-state index in [9.17, 15) is 4.79 Å². The van der Waals surface area contributed by atoms with Crippen LogP contribution in [0.5, 0.6) is 0 Å². The molecular weight excluding hydrogens is 429 g/mol. The van der Waals surface area contributed by atoms with Gasteiger partial charge in [0.15, 0.2) is 5.96 Å². The number of ether oxygens (including phenoxy) is 1. The average molecular weight is 457 g/mol. The van der Waals surface area contributed by atoms with Crippen molar-refractivity contribution in [2.75, 3.05) is 27.2 Å². The highest BCUT2D eigenvalue weighted by Gasteiger charge is 2.36. The first-order valence-electron chi connectivity index (χ1n) is 8.76. The summed E-state index contributed by atoms with van der Waals surface area (Å²) in [5.74, 6) is 0.928. The van der Waals surface area contributed by atoms with Gasteiger partial charge < -0.3 is 15.0 Å². The number of nitrogens with one attached hydrogen (secondary N) is 1. The summed E-state index contributed by atoms with van der Waals surface area (Å²) in [7, 11) is 3.25. The Morgan fingerprint density at radius 1 is 1.32 bits per heavy atom. The van der Waals surface area contributed by atoms with E-state index in [2.05, 4.69) is 40.3 Å². The fourth-order valence-corrected chi connectivity index (χ4v) is 3.85. The summed E-state index contributed by atoms with van der Waals surface area (Å²) in [5.41, 5.74) is 4.27. The molecule has 0 aromatic heterocycles. The molecule has 25 heavy (non-hydrogen) atoms. The molecule has 1 aromatic rings. The van der Waals surface area contributed by atoms with E-state index in [0.717, 1.165) is 19.0 Å². The van der Waals surface area contributed by atoms with Crippen LogP contribution < -0.4 is 5.32 Å². The van der Waals surface area contributed by atoms with Gasteiger partial charge in [-0.15, -0.1) is 24.0 Å². The zero-order valence-electron chi connectivity index (χ0n) is 15.2. The number of benzene rings is 1. The van der Waals surface area contributed by atoms with E-state index in [4.69, 9.17) is 4.74 Å². The number of carbonyl (C=O) groups excluding carboxylic acids is 1. The van der Waals surface area contributed by atoms with Gasteiger partial charge in [0, 0.05) is 26.7 Å². The summed E-state index contributed by atoms with van der Waals surface area (Å²) in [4.78, 5) is 18.4. The first kappa shape index (κ1) is 20.0. The van der Waals surface area contributed by atoms with Crippen LogP contribution >= 0.6 is 24.0 Å². The quantitative estimate of drug-likeness (QED) is 0.328. The highest BCUT2D eigenvalue weighted by Crippen LogP contribution is 2.25. The number of esters is 1. The van der Waals surface area contributed by atoms with E-state index in [-0.39, 0.29) is 41.8 Å². The van der Waals surface area contributed by atoms with Gasteiger partial charge in [-0.3, -0.25) is 9.79 Å². The van der Waals surface area contributed by atoms with Crippen molar-refractivity contribution in [2.45, 2.75) is 32.7 Å². The van der Waals surface area contributed by atoms with E-state index in [1.54, 1.807) is 7.05 Å². The summed E-state index contributed by atoms with van der Waals surface area (Å²) in [6, 6.07) is 6.77. The molecule has 1 N–H and O–H groups in total. The van der Waals surface area contributed by atoms with Crippen molar-refractivity contribution in [3.8, 4) is 0 Å². The molecule has 6 heteroatoms. The summed E-state index contributed by atoms with van der Waals surface area (Å²) in [6.45, 7) is 4.34. The van der Waals surface area contributed by atoms with Crippen LogP contribution in [-0.4, -0.2) is 44.1 Å². The lowest BCUT2D eigenvalue weighted by molar-refractivity contribution is -0.145. The molecule has 5 nitrogen and oxygen atoms in total. The zero-order valence-corrected chi connectivity index (χ0v) is 17.6. The number of carbonyl (C=O) groups is 1. The van der Waals surface area contributed by atoms with Crippen molar-refractivity contribution in [2.24, 2.45) is 16.8 Å². The first-order chi connectivity index (χ1) is 11.6. The SMILES string of the molecule is CN=C(NCc1ccc2c(c1)CCC2)N1CC(C)C(C(=O)OC)C1.I. The van der Waals surface area contributed by atoms with Crippen LogP contribution in [0.3, 0.4) is 0 Å². The van der Waals surface area contributed by atoms with E-state index in [1.807, 2.05) is 0 Å². The van der Waals surface area contributed by atoms with Gasteiger partial charge >= 0.3 is 5.97 Å². The topological polar surface area (TPSA) is 53.9 Å². The second kappa shape index (κ2) is 8.87. The third kappa shape index (κ3) is 4.46. The standard InChI is InChI=1S/C19H27N3O2.HI/c1-13-11-22(12-17(13)18(23)24-3)19(20-2)21-10-14-7-8-15-5-4-6-16(15)9-14;/h7-9,13,17H,4-6,10-12H2,1-3H3,(H,20,21);1H. The van der Waals surface area contributed by atoms with E-state index < -0.39 is 0 Å². The third-order valence-corrected chi connectivity index (χ3v) is 5.24. The molecule has 0 saturated carbocycles. The van der Waals surface area contributed by atoms with E-state index in [0.29, 0.717) is 6.54 Å². The van der Waals surface area contributed by atoms with Gasteiger partial charge in [0.25, 0.3) is 0 Å². The lowest BCUT2D eigenvalue weighted by atomic mass is 9.99. The molecule has 1 aliphatic heterocycles. The molecule has 0 bridgehead atoms. The summed E-state index contributed by atoms with van der Waals surface area (Å²) in [5, 5.41) is 3.44. The Balaban J connectivity index is 0.00000225. The van der Waals surface area contributed by atoms with Gasteiger partial charge in [-0.25, -0.2) is 0 Å². The largest absolute Gasteiger partial charge is 0.469 e. The molecule has 1 aliphatic carbocycles. The van der Waals surface area contributed by atoms with Gasteiger partial charge in [0.2, 0.25) is 0 Å². The average Bonchev–Trinajstić information content (AvgIpc) is 3.21. The number of nitrogens with zero attached hydrogens (tertiary/aromatic N) is 2. The number of guanidine groups is 1. The Hall–Kier alpha value is -1.31. The fraction of sp³-hybridized carbons (Fsp3) is 0.579. The van der Waals surface area contributed by atoms with Crippen molar-refractivity contribution in [3.05, 3.63) is 34.9 Å². The van der Waals surface area contributed by atoms with Crippen LogP contribution in [0.2, 0.25) is 0 Å². The molecule has 1 saturated heterocycles. The lowest BCUT2D eigenvalue weighted by Crippen LogP contribution is -2.40. The number of fused-ring (bicyclic) bond motifs is 1. The van der Waals surface area contributed by atoms with Crippen LogP contribution in [-0.2, 0) is 28.9 Å². The van der Waals surface area contributed by atoms with Crippen LogP contribution in [0.1, 0.15) is 30.0 Å². The predicted molar refractivity (Wildman–Crippen MR) is 110 cm³/mol. The van der Waals surface area contributed by atoms with Crippen molar-refractivity contribution in [3.63, 3.8) is 0 Å². The second-order valence-corrected chi connectivity index (χ2v) is 6.87. The number of methoxy groups -OCH3 is 1. The van der Waals surface area contributed by atoms with Crippen LogP contribution in [0.4, 0.5) is 0 Å². The van der Waals surface area contributed by atoms with Crippen LogP contribution in [0.25, 0.3) is 0 Å².